The quantitative estimate of drug-likeness (QED) is 0.758. The molecule has 0 saturated carbocycles. The van der Waals surface area contributed by atoms with Crippen LogP contribution in [0, 0.1) is 11.7 Å². The van der Waals surface area contributed by atoms with E-state index in [-0.39, 0.29) is 23.1 Å². The number of carboxylic acids is 1. The Hall–Kier alpha value is -1.69. The van der Waals surface area contributed by atoms with Gasteiger partial charge in [-0.25, -0.2) is 9.37 Å². The molecular weight excluding hydrogens is 287 g/mol. The van der Waals surface area contributed by atoms with Gasteiger partial charge in [-0.3, -0.25) is 9.59 Å². The zero-order valence-electron chi connectivity index (χ0n) is 11.0. The fraction of sp³-hybridized carbons (Fsp3) is 0.462. The van der Waals surface area contributed by atoms with Gasteiger partial charge in [-0.05, 0) is 24.8 Å². The molecule has 110 valence electrons. The van der Waals surface area contributed by atoms with Crippen molar-refractivity contribution in [1.29, 1.82) is 0 Å². The van der Waals surface area contributed by atoms with Crippen LogP contribution in [0.2, 0.25) is 5.15 Å². The highest BCUT2D eigenvalue weighted by Gasteiger charge is 2.13. The van der Waals surface area contributed by atoms with E-state index in [2.05, 4.69) is 10.3 Å². The second-order valence-electron chi connectivity index (χ2n) is 4.57. The lowest BCUT2D eigenvalue weighted by Crippen LogP contribution is -2.26. The highest BCUT2D eigenvalue weighted by molar-refractivity contribution is 6.32. The zero-order chi connectivity index (χ0) is 15.1. The molecule has 0 aliphatic carbocycles. The number of carboxylic acid groups (broad SMARTS) is 1. The highest BCUT2D eigenvalue weighted by atomic mass is 35.5. The fourth-order valence-electron chi connectivity index (χ4n) is 1.62. The van der Waals surface area contributed by atoms with Crippen molar-refractivity contribution in [1.82, 2.24) is 10.3 Å². The van der Waals surface area contributed by atoms with Crippen molar-refractivity contribution in [2.75, 3.05) is 6.54 Å². The largest absolute Gasteiger partial charge is 0.481 e. The van der Waals surface area contributed by atoms with Crippen LogP contribution >= 0.6 is 11.6 Å². The Balaban J connectivity index is 2.40. The molecule has 0 fully saturated rings. The van der Waals surface area contributed by atoms with Gasteiger partial charge in [0.05, 0.1) is 11.8 Å². The van der Waals surface area contributed by atoms with Crippen molar-refractivity contribution in [3.8, 4) is 0 Å². The lowest BCUT2D eigenvalue weighted by atomic mass is 10.0. The van der Waals surface area contributed by atoms with Gasteiger partial charge in [-0.1, -0.05) is 18.5 Å². The van der Waals surface area contributed by atoms with Gasteiger partial charge in [0.25, 0.3) is 5.91 Å². The third kappa shape index (κ3) is 5.52. The van der Waals surface area contributed by atoms with Crippen molar-refractivity contribution in [2.24, 2.45) is 5.92 Å². The second kappa shape index (κ2) is 7.79. The Morgan fingerprint density at radius 2 is 2.20 bits per heavy atom. The van der Waals surface area contributed by atoms with Gasteiger partial charge in [0.1, 0.15) is 11.0 Å². The van der Waals surface area contributed by atoms with E-state index >= 15 is 0 Å². The maximum Gasteiger partial charge on any atom is 0.303 e. The molecule has 1 amide bonds. The highest BCUT2D eigenvalue weighted by Crippen LogP contribution is 2.14. The van der Waals surface area contributed by atoms with E-state index in [4.69, 9.17) is 16.7 Å². The number of hydrogen-bond acceptors (Lipinski definition) is 3. The molecule has 1 unspecified atom stereocenters. The van der Waals surface area contributed by atoms with E-state index < -0.39 is 17.7 Å². The number of carbonyl (C=O) groups is 2. The molecule has 2 N–H and O–H groups in total. The summed E-state index contributed by atoms with van der Waals surface area (Å²) in [6, 6.07) is 1.03. The smallest absolute Gasteiger partial charge is 0.303 e. The molecule has 0 aliphatic heterocycles. The summed E-state index contributed by atoms with van der Waals surface area (Å²) in [5.74, 6) is -1.78. The number of nitrogens with one attached hydrogen (secondary N) is 1. The minimum Gasteiger partial charge on any atom is -0.481 e. The third-order valence-corrected chi connectivity index (χ3v) is 3.13. The third-order valence-electron chi connectivity index (χ3n) is 2.82. The molecule has 1 rings (SSSR count). The van der Waals surface area contributed by atoms with Crippen LogP contribution in [0.1, 0.15) is 36.5 Å². The zero-order valence-corrected chi connectivity index (χ0v) is 11.8. The van der Waals surface area contributed by atoms with Crippen molar-refractivity contribution >= 4 is 23.5 Å². The van der Waals surface area contributed by atoms with Crippen LogP contribution in [0.4, 0.5) is 4.39 Å². The number of rotatable bonds is 7. The molecule has 1 aromatic heterocycles. The maximum absolute atomic E-state index is 13.0. The number of halogens is 2. The van der Waals surface area contributed by atoms with Gasteiger partial charge in [-0.15, -0.1) is 0 Å². The standard InChI is InChI=1S/C13H16ClFN2O3/c1-8(2-3-11(18)19)4-5-16-13(20)10-6-9(15)7-17-12(10)14/h6-8H,2-5H2,1H3,(H,16,20)(H,18,19). The van der Waals surface area contributed by atoms with Gasteiger partial charge in [0.15, 0.2) is 0 Å². The Kier molecular flexibility index (Phi) is 6.38. The van der Waals surface area contributed by atoms with Crippen LogP contribution in [0.15, 0.2) is 12.3 Å². The van der Waals surface area contributed by atoms with Crippen molar-refractivity contribution in [2.45, 2.75) is 26.2 Å². The predicted octanol–water partition coefficient (Wildman–Crippen LogP) is 2.49. The number of amides is 1. The minimum absolute atomic E-state index is 0.00939. The van der Waals surface area contributed by atoms with E-state index in [1.54, 1.807) is 0 Å². The van der Waals surface area contributed by atoms with Crippen LogP contribution < -0.4 is 5.32 Å². The Morgan fingerprint density at radius 1 is 1.50 bits per heavy atom. The summed E-state index contributed by atoms with van der Waals surface area (Å²) >= 11 is 5.71. The first-order valence-electron chi connectivity index (χ1n) is 6.21. The molecule has 0 aromatic carbocycles. The summed E-state index contributed by atoms with van der Waals surface area (Å²) in [5.41, 5.74) is -0.00939. The average molecular weight is 303 g/mol. The number of aromatic nitrogens is 1. The second-order valence-corrected chi connectivity index (χ2v) is 4.93. The van der Waals surface area contributed by atoms with Crippen LogP contribution in [-0.2, 0) is 4.79 Å². The Labute approximate surface area is 121 Å². The number of carbonyl (C=O) groups excluding carboxylic acids is 1. The van der Waals surface area contributed by atoms with E-state index in [9.17, 15) is 14.0 Å². The topological polar surface area (TPSA) is 79.3 Å². The van der Waals surface area contributed by atoms with Crippen LogP contribution in [-0.4, -0.2) is 28.5 Å². The molecule has 1 heterocycles. The molecule has 1 atom stereocenters. The first kappa shape index (κ1) is 16.4. The summed E-state index contributed by atoms with van der Waals surface area (Å²) in [7, 11) is 0. The molecule has 0 saturated heterocycles. The lowest BCUT2D eigenvalue weighted by Gasteiger charge is -2.11. The summed E-state index contributed by atoms with van der Waals surface area (Å²) in [4.78, 5) is 25.7. The predicted molar refractivity (Wildman–Crippen MR) is 72.2 cm³/mol. The number of pyridine rings is 1. The fourth-order valence-corrected chi connectivity index (χ4v) is 1.81. The molecule has 20 heavy (non-hydrogen) atoms. The minimum atomic E-state index is -0.835. The van der Waals surface area contributed by atoms with Crippen molar-refractivity contribution < 1.29 is 19.1 Å². The van der Waals surface area contributed by atoms with Gasteiger partial charge >= 0.3 is 5.97 Å². The molecule has 0 bridgehead atoms. The normalized spacial score (nSPS) is 11.9. The molecular formula is C13H16ClFN2O3. The first-order chi connectivity index (χ1) is 9.40. The van der Waals surface area contributed by atoms with E-state index in [0.29, 0.717) is 19.4 Å². The first-order valence-corrected chi connectivity index (χ1v) is 6.59. The molecule has 7 heteroatoms. The van der Waals surface area contributed by atoms with Crippen LogP contribution in [0.25, 0.3) is 0 Å². The van der Waals surface area contributed by atoms with Crippen LogP contribution in [0.5, 0.6) is 0 Å². The van der Waals surface area contributed by atoms with Gasteiger partial charge < -0.3 is 10.4 Å². The monoisotopic (exact) mass is 302 g/mol. The lowest BCUT2D eigenvalue weighted by molar-refractivity contribution is -0.137. The van der Waals surface area contributed by atoms with E-state index in [0.717, 1.165) is 12.3 Å². The SMILES string of the molecule is CC(CCNC(=O)c1cc(F)cnc1Cl)CCC(=O)O. The maximum atomic E-state index is 13.0. The summed E-state index contributed by atoms with van der Waals surface area (Å²) in [6.07, 6.45) is 2.23. The number of nitrogens with zero attached hydrogens (tertiary/aromatic N) is 1. The Morgan fingerprint density at radius 3 is 2.85 bits per heavy atom. The molecule has 0 aliphatic rings. The molecule has 0 spiro atoms. The Bertz CT molecular complexity index is 497. The summed E-state index contributed by atoms with van der Waals surface area (Å²) in [6.45, 7) is 2.28. The van der Waals surface area contributed by atoms with Crippen LogP contribution in [0.3, 0.4) is 0 Å². The van der Waals surface area contributed by atoms with Crippen molar-refractivity contribution in [3.05, 3.63) is 28.8 Å². The molecule has 0 radical (unpaired) electrons. The number of aliphatic carboxylic acids is 1. The van der Waals surface area contributed by atoms with Gasteiger partial charge in [0.2, 0.25) is 0 Å². The van der Waals surface area contributed by atoms with E-state index in [1.807, 2.05) is 6.92 Å². The van der Waals surface area contributed by atoms with Crippen molar-refractivity contribution in [3.63, 3.8) is 0 Å². The average Bonchev–Trinajstić information content (AvgIpc) is 2.39. The molecule has 1 aromatic rings. The molecule has 5 nitrogen and oxygen atoms in total. The summed E-state index contributed by atoms with van der Waals surface area (Å²) in [5, 5.41) is 11.1. The van der Waals surface area contributed by atoms with Gasteiger partial charge in [0, 0.05) is 13.0 Å². The van der Waals surface area contributed by atoms with E-state index in [1.165, 1.54) is 0 Å². The summed E-state index contributed by atoms with van der Waals surface area (Å²) < 4.78 is 13.0. The van der Waals surface area contributed by atoms with Gasteiger partial charge in [-0.2, -0.15) is 0 Å². The number of hydrogen-bond donors (Lipinski definition) is 2.